The van der Waals surface area contributed by atoms with Crippen LogP contribution in [0.5, 0.6) is 11.5 Å². The second kappa shape index (κ2) is 20.2. The van der Waals surface area contributed by atoms with Crippen molar-refractivity contribution in [3.63, 3.8) is 0 Å². The Kier molecular flexibility index (Phi) is 16.7. The Morgan fingerprint density at radius 1 is 0.684 bits per heavy atom. The van der Waals surface area contributed by atoms with Gasteiger partial charge in [-0.2, -0.15) is 0 Å². The molecule has 5 heteroatoms. The van der Waals surface area contributed by atoms with E-state index in [2.05, 4.69) is 6.92 Å². The zero-order valence-corrected chi connectivity index (χ0v) is 23.4. The highest BCUT2D eigenvalue weighted by Crippen LogP contribution is 2.26. The van der Waals surface area contributed by atoms with Crippen molar-refractivity contribution in [2.75, 3.05) is 13.2 Å². The summed E-state index contributed by atoms with van der Waals surface area (Å²) in [5, 5.41) is 10.2. The molecule has 210 valence electrons. The lowest BCUT2D eigenvalue weighted by atomic mass is 10.0. The highest BCUT2D eigenvalue weighted by atomic mass is 16.6. The van der Waals surface area contributed by atoms with E-state index in [4.69, 9.17) is 9.47 Å². The minimum atomic E-state index is -0.248. The van der Waals surface area contributed by atoms with Crippen LogP contribution < -0.4 is 4.74 Å². The summed E-state index contributed by atoms with van der Waals surface area (Å²) in [4.78, 5) is 24.4. The molecule has 2 rings (SSSR count). The quantitative estimate of drug-likeness (QED) is 0.0946. The molecule has 2 aromatic carbocycles. The van der Waals surface area contributed by atoms with Crippen LogP contribution in [0.15, 0.2) is 48.5 Å². The van der Waals surface area contributed by atoms with Crippen LogP contribution in [0.25, 0.3) is 0 Å². The maximum atomic E-state index is 12.5. The fraction of sp³-hybridized carbons (Fsp3) is 0.576. The van der Waals surface area contributed by atoms with E-state index in [1.165, 1.54) is 89.5 Å². The Morgan fingerprint density at radius 2 is 1.24 bits per heavy atom. The Bertz CT molecular complexity index is 909. The fourth-order valence-electron chi connectivity index (χ4n) is 4.57. The zero-order chi connectivity index (χ0) is 27.3. The third-order valence-corrected chi connectivity index (χ3v) is 6.85. The number of phenols is 1. The van der Waals surface area contributed by atoms with Crippen molar-refractivity contribution in [3.8, 4) is 11.5 Å². The summed E-state index contributed by atoms with van der Waals surface area (Å²) in [6.07, 6.45) is 19.9. The largest absolute Gasteiger partial charge is 0.507 e. The summed E-state index contributed by atoms with van der Waals surface area (Å²) in [6, 6.07) is 13.4. The zero-order valence-electron chi connectivity index (χ0n) is 23.4. The van der Waals surface area contributed by atoms with Crippen molar-refractivity contribution in [3.05, 3.63) is 59.7 Å². The first kappa shape index (κ1) is 31.4. The van der Waals surface area contributed by atoms with Crippen LogP contribution in [0.3, 0.4) is 0 Å². The molecule has 0 atom stereocenters. The maximum Gasteiger partial charge on any atom is 0.305 e. The molecule has 2 aromatic rings. The van der Waals surface area contributed by atoms with Gasteiger partial charge in [-0.3, -0.25) is 9.59 Å². The summed E-state index contributed by atoms with van der Waals surface area (Å²) in [5.41, 5.74) is 0.732. The summed E-state index contributed by atoms with van der Waals surface area (Å²) >= 11 is 0. The Labute approximate surface area is 229 Å². The number of phenolic OH excluding ortho intramolecular Hbond substituents is 1. The van der Waals surface area contributed by atoms with Crippen LogP contribution in [-0.2, 0) is 9.53 Å². The van der Waals surface area contributed by atoms with Crippen LogP contribution in [-0.4, -0.2) is 30.1 Å². The van der Waals surface area contributed by atoms with Gasteiger partial charge < -0.3 is 14.6 Å². The minimum Gasteiger partial charge on any atom is -0.507 e. The van der Waals surface area contributed by atoms with E-state index in [9.17, 15) is 14.7 Å². The second-order valence-electron chi connectivity index (χ2n) is 10.1. The van der Waals surface area contributed by atoms with Crippen LogP contribution in [0.1, 0.15) is 126 Å². The van der Waals surface area contributed by atoms with E-state index >= 15 is 0 Å². The topological polar surface area (TPSA) is 72.8 Å². The number of rotatable bonds is 22. The van der Waals surface area contributed by atoms with E-state index in [0.29, 0.717) is 17.7 Å². The molecule has 5 nitrogen and oxygen atoms in total. The highest BCUT2D eigenvalue weighted by molar-refractivity contribution is 6.10. The van der Waals surface area contributed by atoms with Crippen LogP contribution in [0.4, 0.5) is 0 Å². The standard InChI is InChI=1S/C33H48O5/c1-2-3-4-5-6-7-8-9-10-11-12-13-14-15-19-22-32(35)38-26-25-37-29-23-24-30(31(34)27-29)33(36)28-20-17-16-18-21-28/h16-18,20-21,23-24,27,34H,2-15,19,22,25-26H2,1H3. The molecule has 0 aliphatic heterocycles. The number of carbonyl (C=O) groups is 2. The van der Waals surface area contributed by atoms with Gasteiger partial charge in [-0.25, -0.2) is 0 Å². The summed E-state index contributed by atoms with van der Waals surface area (Å²) < 4.78 is 10.8. The van der Waals surface area contributed by atoms with Gasteiger partial charge in [0.1, 0.15) is 24.7 Å². The number of ketones is 1. The number of hydrogen-bond acceptors (Lipinski definition) is 5. The van der Waals surface area contributed by atoms with Gasteiger partial charge >= 0.3 is 5.97 Å². The number of ether oxygens (including phenoxy) is 2. The molecular formula is C33H48O5. The van der Waals surface area contributed by atoms with Gasteiger partial charge in [-0.05, 0) is 18.6 Å². The molecule has 0 saturated heterocycles. The fourth-order valence-corrected chi connectivity index (χ4v) is 4.57. The molecule has 0 heterocycles. The van der Waals surface area contributed by atoms with Crippen LogP contribution in [0, 0.1) is 0 Å². The van der Waals surface area contributed by atoms with Crippen molar-refractivity contribution in [2.45, 2.75) is 110 Å². The van der Waals surface area contributed by atoms with E-state index in [1.807, 2.05) is 6.07 Å². The number of aromatic hydroxyl groups is 1. The number of carbonyl (C=O) groups excluding carboxylic acids is 2. The molecule has 0 spiro atoms. The van der Waals surface area contributed by atoms with Crippen molar-refractivity contribution in [1.82, 2.24) is 0 Å². The molecule has 0 aromatic heterocycles. The highest BCUT2D eigenvalue weighted by Gasteiger charge is 2.14. The Hall–Kier alpha value is -2.82. The third kappa shape index (κ3) is 13.6. The van der Waals surface area contributed by atoms with Gasteiger partial charge in [0.05, 0.1) is 5.56 Å². The molecule has 0 saturated carbocycles. The number of esters is 1. The van der Waals surface area contributed by atoms with Gasteiger partial charge in [0, 0.05) is 18.1 Å². The smallest absolute Gasteiger partial charge is 0.305 e. The van der Waals surface area contributed by atoms with E-state index in [0.717, 1.165) is 12.8 Å². The van der Waals surface area contributed by atoms with Crippen molar-refractivity contribution < 1.29 is 24.2 Å². The van der Waals surface area contributed by atoms with Gasteiger partial charge in [0.25, 0.3) is 0 Å². The average molecular weight is 525 g/mol. The lowest BCUT2D eigenvalue weighted by Gasteiger charge is -2.10. The maximum absolute atomic E-state index is 12.5. The van der Waals surface area contributed by atoms with Gasteiger partial charge in [-0.1, -0.05) is 127 Å². The molecule has 38 heavy (non-hydrogen) atoms. The number of hydrogen-bond donors (Lipinski definition) is 1. The van der Waals surface area contributed by atoms with Crippen molar-refractivity contribution >= 4 is 11.8 Å². The molecule has 0 bridgehead atoms. The first-order chi connectivity index (χ1) is 18.6. The molecule has 0 radical (unpaired) electrons. The summed E-state index contributed by atoms with van der Waals surface area (Å²) in [7, 11) is 0. The molecule has 0 fully saturated rings. The van der Waals surface area contributed by atoms with Crippen LogP contribution in [0.2, 0.25) is 0 Å². The SMILES string of the molecule is CCCCCCCCCCCCCCCCCC(=O)OCCOc1ccc(C(=O)c2ccccc2)c(O)c1. The van der Waals surface area contributed by atoms with Gasteiger partial charge in [0.15, 0.2) is 5.78 Å². The minimum absolute atomic E-state index is 0.137. The van der Waals surface area contributed by atoms with Crippen molar-refractivity contribution in [2.24, 2.45) is 0 Å². The van der Waals surface area contributed by atoms with Gasteiger partial charge in [0.2, 0.25) is 0 Å². The molecule has 0 aliphatic carbocycles. The van der Waals surface area contributed by atoms with Gasteiger partial charge in [-0.15, -0.1) is 0 Å². The molecule has 0 aliphatic rings. The molecule has 0 unspecified atom stereocenters. The molecular weight excluding hydrogens is 476 g/mol. The van der Waals surface area contributed by atoms with Crippen molar-refractivity contribution in [1.29, 1.82) is 0 Å². The second-order valence-corrected chi connectivity index (χ2v) is 10.1. The predicted molar refractivity (Wildman–Crippen MR) is 154 cm³/mol. The normalized spacial score (nSPS) is 10.9. The third-order valence-electron chi connectivity index (χ3n) is 6.85. The van der Waals surface area contributed by atoms with E-state index < -0.39 is 0 Å². The molecule has 1 N–H and O–H groups in total. The lowest BCUT2D eigenvalue weighted by molar-refractivity contribution is -0.144. The summed E-state index contributed by atoms with van der Waals surface area (Å²) in [5.74, 6) is -0.163. The van der Waals surface area contributed by atoms with E-state index in [1.54, 1.807) is 36.4 Å². The molecule has 0 amide bonds. The first-order valence-corrected chi connectivity index (χ1v) is 14.8. The number of unbranched alkanes of at least 4 members (excludes halogenated alkanes) is 14. The summed E-state index contributed by atoms with van der Waals surface area (Å²) in [6.45, 7) is 2.61. The lowest BCUT2D eigenvalue weighted by Crippen LogP contribution is -2.12. The number of benzene rings is 2. The predicted octanol–water partition coefficient (Wildman–Crippen LogP) is 8.81. The van der Waals surface area contributed by atoms with Crippen LogP contribution >= 0.6 is 0 Å². The van der Waals surface area contributed by atoms with E-state index in [-0.39, 0.29) is 36.3 Å². The Balaban J connectivity index is 1.43. The first-order valence-electron chi connectivity index (χ1n) is 14.8. The monoisotopic (exact) mass is 524 g/mol. The Morgan fingerprint density at radius 3 is 1.79 bits per heavy atom. The average Bonchev–Trinajstić information content (AvgIpc) is 2.93.